The Morgan fingerprint density at radius 2 is 2.06 bits per heavy atom. The summed E-state index contributed by atoms with van der Waals surface area (Å²) in [5, 5.41) is 17.0. The molecule has 0 amide bonds. The number of anilines is 1. The molecule has 0 fully saturated rings. The molecule has 0 atom stereocenters. The number of aromatic nitrogens is 1. The second kappa shape index (κ2) is 4.58. The van der Waals surface area contributed by atoms with Crippen LogP contribution in [-0.2, 0) is 6.42 Å². The average molecular weight is 242 g/mol. The minimum Gasteiger partial charge on any atom is -0.404 e. The highest BCUT2D eigenvalue weighted by Crippen LogP contribution is 2.29. The molecule has 0 saturated heterocycles. The van der Waals surface area contributed by atoms with Crippen molar-refractivity contribution < 1.29 is 17.9 Å². The number of nitriles is 2. The lowest BCUT2D eigenvalue weighted by Crippen LogP contribution is -2.18. The van der Waals surface area contributed by atoms with E-state index in [0.29, 0.717) is 0 Å². The third-order valence-corrected chi connectivity index (χ3v) is 1.66. The van der Waals surface area contributed by atoms with Crippen molar-refractivity contribution >= 4 is 5.82 Å². The number of nitrogen functional groups attached to an aromatic ring is 1. The molecule has 17 heavy (non-hydrogen) atoms. The molecule has 1 rings (SSSR count). The van der Waals surface area contributed by atoms with Crippen molar-refractivity contribution in [1.29, 1.82) is 10.5 Å². The summed E-state index contributed by atoms with van der Waals surface area (Å²) in [6.45, 7) is 0. The van der Waals surface area contributed by atoms with Gasteiger partial charge in [0.1, 0.15) is 17.5 Å². The molecular weight excluding hydrogens is 237 g/mol. The fraction of sp³-hybridized carbons (Fsp3) is 0.222. The van der Waals surface area contributed by atoms with Gasteiger partial charge in [-0.15, -0.1) is 13.2 Å². The Morgan fingerprint density at radius 3 is 2.53 bits per heavy atom. The summed E-state index contributed by atoms with van der Waals surface area (Å²) < 4.78 is 39.8. The largest absolute Gasteiger partial charge is 0.573 e. The van der Waals surface area contributed by atoms with Gasteiger partial charge in [0.2, 0.25) is 0 Å². The number of rotatable bonds is 2. The second-order valence-corrected chi connectivity index (χ2v) is 2.87. The molecule has 0 saturated carbocycles. The second-order valence-electron chi connectivity index (χ2n) is 2.87. The Morgan fingerprint density at radius 1 is 1.41 bits per heavy atom. The van der Waals surface area contributed by atoms with Gasteiger partial charge in [0.25, 0.3) is 0 Å². The third-order valence-electron chi connectivity index (χ3n) is 1.66. The Bertz CT molecular complexity index is 513. The van der Waals surface area contributed by atoms with Crippen LogP contribution in [0.1, 0.15) is 11.3 Å². The summed E-state index contributed by atoms with van der Waals surface area (Å²) in [6.07, 6.45) is -5.17. The highest BCUT2D eigenvalue weighted by Gasteiger charge is 2.33. The summed E-state index contributed by atoms with van der Waals surface area (Å²) in [5.41, 5.74) is 4.78. The van der Waals surface area contributed by atoms with Crippen LogP contribution < -0.4 is 10.5 Å². The maximum atomic E-state index is 12.0. The zero-order valence-corrected chi connectivity index (χ0v) is 8.25. The molecule has 2 N–H and O–H groups in total. The summed E-state index contributed by atoms with van der Waals surface area (Å²) in [6, 6.07) is 4.03. The van der Waals surface area contributed by atoms with E-state index in [-0.39, 0.29) is 12.1 Å². The zero-order valence-electron chi connectivity index (χ0n) is 8.25. The number of nitrogens with zero attached hydrogens (tertiary/aromatic N) is 3. The molecule has 5 nitrogen and oxygen atoms in total. The van der Waals surface area contributed by atoms with Gasteiger partial charge in [-0.05, 0) is 0 Å². The van der Waals surface area contributed by atoms with Crippen LogP contribution in [0.2, 0.25) is 0 Å². The van der Waals surface area contributed by atoms with Gasteiger partial charge in [-0.3, -0.25) is 0 Å². The van der Waals surface area contributed by atoms with E-state index < -0.39 is 23.5 Å². The molecule has 88 valence electrons. The Kier molecular flexibility index (Phi) is 3.39. The van der Waals surface area contributed by atoms with Gasteiger partial charge in [-0.1, -0.05) is 0 Å². The molecule has 0 unspecified atom stereocenters. The first-order valence-corrected chi connectivity index (χ1v) is 4.19. The minimum atomic E-state index is -4.94. The van der Waals surface area contributed by atoms with Crippen LogP contribution in [0, 0.1) is 22.7 Å². The monoisotopic (exact) mass is 242 g/mol. The Balaban J connectivity index is 3.26. The number of hydrogen-bond acceptors (Lipinski definition) is 5. The Hall–Kier alpha value is -2.48. The van der Waals surface area contributed by atoms with Crippen LogP contribution >= 0.6 is 0 Å². The standard InChI is InChI=1S/C9H5F3N4O/c10-9(11,12)17-7-3-5(1-2-13)16-8(15)6(7)4-14/h3H,1H2,(H2,15,16). The molecule has 8 heteroatoms. The van der Waals surface area contributed by atoms with Gasteiger partial charge in [0.15, 0.2) is 5.75 Å². The highest BCUT2D eigenvalue weighted by molar-refractivity contribution is 5.57. The lowest BCUT2D eigenvalue weighted by molar-refractivity contribution is -0.274. The first kappa shape index (κ1) is 12.6. The third kappa shape index (κ3) is 3.24. The van der Waals surface area contributed by atoms with E-state index in [9.17, 15) is 13.2 Å². The predicted octanol–water partition coefficient (Wildman–Crippen LogP) is 1.50. The lowest BCUT2D eigenvalue weighted by atomic mass is 10.2. The first-order chi connectivity index (χ1) is 7.87. The van der Waals surface area contributed by atoms with Crippen molar-refractivity contribution in [3.8, 4) is 17.9 Å². The normalized spacial score (nSPS) is 10.4. The van der Waals surface area contributed by atoms with E-state index in [0.717, 1.165) is 6.07 Å². The molecular formula is C9H5F3N4O. The fourth-order valence-electron chi connectivity index (χ4n) is 1.08. The van der Waals surface area contributed by atoms with Crippen molar-refractivity contribution in [3.63, 3.8) is 0 Å². The van der Waals surface area contributed by atoms with E-state index in [2.05, 4.69) is 9.72 Å². The Labute approximate surface area is 93.8 Å². The number of pyridine rings is 1. The molecule has 0 radical (unpaired) electrons. The van der Waals surface area contributed by atoms with Gasteiger partial charge < -0.3 is 10.5 Å². The quantitative estimate of drug-likeness (QED) is 0.847. The molecule has 1 aromatic heterocycles. The van der Waals surface area contributed by atoms with E-state index in [1.54, 1.807) is 6.07 Å². The van der Waals surface area contributed by atoms with E-state index in [4.69, 9.17) is 16.3 Å². The van der Waals surface area contributed by atoms with Crippen molar-refractivity contribution in [1.82, 2.24) is 4.98 Å². The molecule has 1 heterocycles. The summed E-state index contributed by atoms with van der Waals surface area (Å²) >= 11 is 0. The molecule has 1 aromatic rings. The smallest absolute Gasteiger partial charge is 0.404 e. The predicted molar refractivity (Wildman–Crippen MR) is 49.4 cm³/mol. The molecule has 0 bridgehead atoms. The zero-order chi connectivity index (χ0) is 13.1. The van der Waals surface area contributed by atoms with Crippen LogP contribution in [0.25, 0.3) is 0 Å². The van der Waals surface area contributed by atoms with Crippen LogP contribution in [-0.4, -0.2) is 11.3 Å². The SMILES string of the molecule is N#CCc1cc(OC(F)(F)F)c(C#N)c(N)n1. The minimum absolute atomic E-state index is 0.00301. The topological polar surface area (TPSA) is 95.7 Å². The number of nitrogens with two attached hydrogens (primary N) is 1. The van der Waals surface area contributed by atoms with Crippen LogP contribution in [0.15, 0.2) is 6.07 Å². The van der Waals surface area contributed by atoms with Gasteiger partial charge >= 0.3 is 6.36 Å². The number of ether oxygens (including phenoxy) is 1. The fourth-order valence-corrected chi connectivity index (χ4v) is 1.08. The maximum absolute atomic E-state index is 12.0. The van der Waals surface area contributed by atoms with Gasteiger partial charge in [0.05, 0.1) is 18.2 Å². The number of hydrogen-bond donors (Lipinski definition) is 1. The molecule has 0 spiro atoms. The number of halogens is 3. The maximum Gasteiger partial charge on any atom is 0.573 e. The molecule has 0 aliphatic heterocycles. The molecule has 0 aliphatic rings. The average Bonchev–Trinajstić information content (AvgIpc) is 2.15. The van der Waals surface area contributed by atoms with Crippen LogP contribution in [0.3, 0.4) is 0 Å². The first-order valence-electron chi connectivity index (χ1n) is 4.19. The summed E-state index contributed by atoms with van der Waals surface area (Å²) in [5.74, 6) is -1.16. The van der Waals surface area contributed by atoms with Crippen LogP contribution in [0.5, 0.6) is 5.75 Å². The lowest BCUT2D eigenvalue weighted by Gasteiger charge is -2.11. The summed E-state index contributed by atoms with van der Waals surface area (Å²) in [4.78, 5) is 3.61. The molecule has 0 aromatic carbocycles. The van der Waals surface area contributed by atoms with Crippen molar-refractivity contribution in [2.24, 2.45) is 0 Å². The van der Waals surface area contributed by atoms with Crippen molar-refractivity contribution in [2.75, 3.05) is 5.73 Å². The van der Waals surface area contributed by atoms with E-state index in [1.807, 2.05) is 0 Å². The molecule has 0 aliphatic carbocycles. The van der Waals surface area contributed by atoms with E-state index in [1.165, 1.54) is 6.07 Å². The van der Waals surface area contributed by atoms with Gasteiger partial charge in [0, 0.05) is 6.07 Å². The van der Waals surface area contributed by atoms with Crippen molar-refractivity contribution in [3.05, 3.63) is 17.3 Å². The van der Waals surface area contributed by atoms with Gasteiger partial charge in [-0.2, -0.15) is 10.5 Å². The van der Waals surface area contributed by atoms with Crippen molar-refractivity contribution in [2.45, 2.75) is 12.8 Å². The van der Waals surface area contributed by atoms with E-state index >= 15 is 0 Å². The highest BCUT2D eigenvalue weighted by atomic mass is 19.4. The number of alkyl halides is 3. The van der Waals surface area contributed by atoms with Gasteiger partial charge in [-0.25, -0.2) is 4.98 Å². The van der Waals surface area contributed by atoms with Crippen LogP contribution in [0.4, 0.5) is 19.0 Å². The summed E-state index contributed by atoms with van der Waals surface area (Å²) in [7, 11) is 0.